The molecule has 1 aliphatic heterocycles. The Balaban J connectivity index is 1.67. The lowest BCUT2D eigenvalue weighted by molar-refractivity contribution is -0.161. The number of carbonyl (C=O) groups is 4. The summed E-state index contributed by atoms with van der Waals surface area (Å²) in [5, 5.41) is 11.3. The van der Waals surface area contributed by atoms with Gasteiger partial charge in [0.2, 0.25) is 5.91 Å². The van der Waals surface area contributed by atoms with Crippen molar-refractivity contribution >= 4 is 39.6 Å². The lowest BCUT2D eigenvalue weighted by atomic mass is 9.77. The van der Waals surface area contributed by atoms with Gasteiger partial charge in [0, 0.05) is 26.5 Å². The van der Waals surface area contributed by atoms with E-state index >= 15 is 0 Å². The van der Waals surface area contributed by atoms with Crippen molar-refractivity contribution in [2.45, 2.75) is 56.9 Å². The molecule has 0 radical (unpaired) electrons. The molecule has 0 spiro atoms. The molecular weight excluding hydrogens is 706 g/mol. The van der Waals surface area contributed by atoms with Crippen molar-refractivity contribution in [3.05, 3.63) is 95.3 Å². The Labute approximate surface area is 290 Å². The van der Waals surface area contributed by atoms with Crippen LogP contribution in [0.2, 0.25) is 0 Å². The highest BCUT2D eigenvalue weighted by atomic mass is 32.2. The van der Waals surface area contributed by atoms with E-state index in [9.17, 15) is 50.3 Å². The van der Waals surface area contributed by atoms with E-state index in [1.165, 1.54) is 60.4 Å². The second-order valence-corrected chi connectivity index (χ2v) is 13.2. The van der Waals surface area contributed by atoms with Crippen molar-refractivity contribution in [1.82, 2.24) is 0 Å². The quantitative estimate of drug-likeness (QED) is 0.0581. The summed E-state index contributed by atoms with van der Waals surface area (Å²) >= 11 is 0. The highest BCUT2D eigenvalue weighted by Crippen LogP contribution is 2.47. The van der Waals surface area contributed by atoms with Crippen molar-refractivity contribution in [3.8, 4) is 5.75 Å². The van der Waals surface area contributed by atoms with Crippen LogP contribution in [-0.2, 0) is 49.1 Å². The molecule has 0 saturated carbocycles. The third-order valence-electron chi connectivity index (χ3n) is 7.93. The van der Waals surface area contributed by atoms with E-state index < -0.39 is 87.9 Å². The van der Waals surface area contributed by atoms with E-state index in [2.05, 4.69) is 4.18 Å². The molecule has 17 heteroatoms. The fraction of sp³-hybridized carbons (Fsp3) is 0.353. The van der Waals surface area contributed by atoms with Gasteiger partial charge in [-0.25, -0.2) is 4.39 Å². The minimum atomic E-state index is -5.95. The lowest BCUT2D eigenvalue weighted by Crippen LogP contribution is -2.55. The molecule has 0 bridgehead atoms. The van der Waals surface area contributed by atoms with E-state index in [0.717, 1.165) is 26.0 Å². The monoisotopic (exact) mass is 739 g/mol. The molecule has 1 amide bonds. The Morgan fingerprint density at radius 2 is 1.39 bits per heavy atom. The zero-order chi connectivity index (χ0) is 37.7. The number of amides is 1. The second-order valence-electron chi connectivity index (χ2n) is 11.7. The number of halogens is 4. The number of anilines is 1. The van der Waals surface area contributed by atoms with Crippen molar-refractivity contribution in [2.24, 2.45) is 5.92 Å². The molecule has 12 nitrogen and oxygen atoms in total. The Hall–Kier alpha value is -5.03. The minimum absolute atomic E-state index is 0.136. The van der Waals surface area contributed by atoms with Gasteiger partial charge in [0.05, 0.1) is 12.0 Å². The van der Waals surface area contributed by atoms with Crippen LogP contribution in [0.4, 0.5) is 23.2 Å². The first kappa shape index (κ1) is 38.8. The summed E-state index contributed by atoms with van der Waals surface area (Å²) in [6, 6.07) is 14.9. The lowest BCUT2D eigenvalue weighted by Gasteiger charge is -2.48. The standard InChI is InChI=1S/C34H33F4NO11S/c1-20(40)47-18-33(44,19-48-21(2)41)25-8-4-24(5-9-25)31-29(16-17-30(49-22(3)42)23-6-10-26(35)11-7-23)32(43)39(31)27-12-14-28(15-13-27)50-51(45,46)34(36,37)38/h4-15,29-31,44H,16-19H2,1-3H3/t29-,30+,31-/m1/s1. The summed E-state index contributed by atoms with van der Waals surface area (Å²) in [6.45, 7) is 2.37. The molecule has 51 heavy (non-hydrogen) atoms. The summed E-state index contributed by atoms with van der Waals surface area (Å²) < 4.78 is 94.7. The van der Waals surface area contributed by atoms with Crippen LogP contribution in [-0.4, -0.2) is 56.1 Å². The third kappa shape index (κ3) is 9.40. The van der Waals surface area contributed by atoms with Crippen LogP contribution in [0, 0.1) is 11.7 Å². The van der Waals surface area contributed by atoms with Gasteiger partial charge in [-0.3, -0.25) is 19.2 Å². The fourth-order valence-electron chi connectivity index (χ4n) is 5.48. The van der Waals surface area contributed by atoms with Crippen molar-refractivity contribution < 1.29 is 68.7 Å². The number of ether oxygens (including phenoxy) is 3. The molecule has 4 rings (SSSR count). The highest BCUT2D eigenvalue weighted by molar-refractivity contribution is 7.88. The van der Waals surface area contributed by atoms with Crippen LogP contribution in [0.1, 0.15) is 62.4 Å². The molecule has 1 heterocycles. The number of carbonyl (C=O) groups excluding carboxylic acids is 4. The van der Waals surface area contributed by atoms with E-state index in [-0.39, 0.29) is 24.1 Å². The smallest absolute Gasteiger partial charge is 0.462 e. The Bertz CT molecular complexity index is 1830. The fourth-order valence-corrected chi connectivity index (χ4v) is 5.94. The molecule has 0 aliphatic carbocycles. The summed E-state index contributed by atoms with van der Waals surface area (Å²) in [5.74, 6) is -4.33. The van der Waals surface area contributed by atoms with Gasteiger partial charge in [-0.1, -0.05) is 36.4 Å². The Kier molecular flexibility index (Phi) is 11.8. The number of rotatable bonds is 14. The number of β-lactam (4-membered cyclic amide) rings is 1. The van der Waals surface area contributed by atoms with Crippen molar-refractivity contribution in [1.29, 1.82) is 0 Å². The Morgan fingerprint density at radius 1 is 0.843 bits per heavy atom. The van der Waals surface area contributed by atoms with Crippen molar-refractivity contribution in [3.63, 3.8) is 0 Å². The molecule has 3 aromatic rings. The van der Waals surface area contributed by atoms with Gasteiger partial charge in [0.25, 0.3) is 0 Å². The van der Waals surface area contributed by atoms with Crippen LogP contribution >= 0.6 is 0 Å². The summed E-state index contributed by atoms with van der Waals surface area (Å²) in [5.41, 5.74) is -6.23. The predicted molar refractivity (Wildman–Crippen MR) is 170 cm³/mol. The maximum absolute atomic E-state index is 13.7. The number of esters is 3. The number of alkyl halides is 3. The summed E-state index contributed by atoms with van der Waals surface area (Å²) in [7, 11) is -5.95. The number of nitrogens with zero attached hydrogens (tertiary/aromatic N) is 1. The van der Waals surface area contributed by atoms with Crippen LogP contribution < -0.4 is 9.08 Å². The molecule has 1 N–H and O–H groups in total. The normalized spacial score (nSPS) is 16.9. The summed E-state index contributed by atoms with van der Waals surface area (Å²) in [6.07, 6.45) is -0.556. The first-order valence-electron chi connectivity index (χ1n) is 15.3. The second kappa shape index (κ2) is 15.5. The van der Waals surface area contributed by atoms with Gasteiger partial charge >= 0.3 is 33.5 Å². The third-order valence-corrected chi connectivity index (χ3v) is 8.90. The first-order chi connectivity index (χ1) is 23.8. The topological polar surface area (TPSA) is 163 Å². The molecule has 0 unspecified atom stereocenters. The number of hydrogen-bond donors (Lipinski definition) is 1. The minimum Gasteiger partial charge on any atom is -0.462 e. The van der Waals surface area contributed by atoms with Crippen molar-refractivity contribution in [2.75, 3.05) is 18.1 Å². The molecule has 274 valence electrons. The number of benzene rings is 3. The molecule has 3 atom stereocenters. The molecule has 1 fully saturated rings. The van der Waals surface area contributed by atoms with Gasteiger partial charge in [-0.15, -0.1) is 0 Å². The van der Waals surface area contributed by atoms with E-state index in [1.807, 2.05) is 0 Å². The van der Waals surface area contributed by atoms with Gasteiger partial charge in [-0.2, -0.15) is 21.6 Å². The molecule has 3 aromatic carbocycles. The van der Waals surface area contributed by atoms with E-state index in [4.69, 9.17) is 14.2 Å². The zero-order valence-electron chi connectivity index (χ0n) is 27.4. The largest absolute Gasteiger partial charge is 0.534 e. The van der Waals surface area contributed by atoms with Gasteiger partial charge in [-0.05, 0) is 65.9 Å². The van der Waals surface area contributed by atoms with E-state index in [1.54, 1.807) is 12.1 Å². The average Bonchev–Trinajstić information content (AvgIpc) is 3.05. The maximum atomic E-state index is 13.7. The van der Waals surface area contributed by atoms with Crippen LogP contribution in [0.3, 0.4) is 0 Å². The first-order valence-corrected chi connectivity index (χ1v) is 16.7. The SMILES string of the molecule is CC(=O)OCC(O)(COC(C)=O)c1ccc([C@@H]2[C@@H](CC[C@H](OC(C)=O)c3ccc(F)cc3)C(=O)N2c2ccc(OS(=O)(=O)C(F)(F)F)cc2)cc1. The van der Waals surface area contributed by atoms with Gasteiger partial charge in [0.1, 0.15) is 30.9 Å². The molecule has 0 aromatic heterocycles. The molecule has 1 saturated heterocycles. The van der Waals surface area contributed by atoms with Crippen LogP contribution in [0.15, 0.2) is 72.8 Å². The summed E-state index contributed by atoms with van der Waals surface area (Å²) in [4.78, 5) is 49.9. The highest BCUT2D eigenvalue weighted by Gasteiger charge is 2.50. The molecular formula is C34H33F4NO11S. The van der Waals surface area contributed by atoms with Crippen LogP contribution in [0.5, 0.6) is 5.75 Å². The average molecular weight is 740 g/mol. The predicted octanol–water partition coefficient (Wildman–Crippen LogP) is 5.16. The number of aliphatic hydroxyl groups is 1. The van der Waals surface area contributed by atoms with Gasteiger partial charge < -0.3 is 28.4 Å². The van der Waals surface area contributed by atoms with Gasteiger partial charge in [0.15, 0.2) is 5.60 Å². The van der Waals surface area contributed by atoms with Crippen LogP contribution in [0.25, 0.3) is 0 Å². The molecule has 1 aliphatic rings. The zero-order valence-corrected chi connectivity index (χ0v) is 28.2. The Morgan fingerprint density at radius 3 is 1.88 bits per heavy atom. The number of hydrogen-bond acceptors (Lipinski definition) is 11. The van der Waals surface area contributed by atoms with E-state index in [0.29, 0.717) is 11.1 Å². The maximum Gasteiger partial charge on any atom is 0.534 e.